The highest BCUT2D eigenvalue weighted by molar-refractivity contribution is 5.46. The van der Waals surface area contributed by atoms with Crippen LogP contribution in [0.4, 0.5) is 5.69 Å². The minimum Gasteiger partial charge on any atom is -0.491 e. The Balaban J connectivity index is 1.78. The van der Waals surface area contributed by atoms with Crippen LogP contribution in [0.3, 0.4) is 0 Å². The van der Waals surface area contributed by atoms with E-state index in [2.05, 4.69) is 17.4 Å². The molecule has 0 bridgehead atoms. The van der Waals surface area contributed by atoms with E-state index in [1.54, 1.807) is 0 Å². The molecular weight excluding hydrogens is 226 g/mol. The Morgan fingerprint density at radius 1 is 1.28 bits per heavy atom. The Morgan fingerprint density at radius 3 is 2.67 bits per heavy atom. The molecular formula is C15H23NO2. The van der Waals surface area contributed by atoms with Gasteiger partial charge in [-0.25, -0.2) is 0 Å². The summed E-state index contributed by atoms with van der Waals surface area (Å²) in [6.07, 6.45) is 4.25. The fourth-order valence-corrected chi connectivity index (χ4v) is 2.12. The summed E-state index contributed by atoms with van der Waals surface area (Å²) in [5.74, 6) is 0.921. The molecule has 1 atom stereocenters. The second kappa shape index (κ2) is 6.64. The SMILES string of the molecule is CC(C)Oc1ccc(NCC2CCCCO2)cc1. The van der Waals surface area contributed by atoms with Crippen molar-refractivity contribution >= 4 is 5.69 Å². The molecule has 1 aromatic carbocycles. The van der Waals surface area contributed by atoms with E-state index in [1.165, 1.54) is 19.3 Å². The molecule has 1 heterocycles. The lowest BCUT2D eigenvalue weighted by molar-refractivity contribution is 0.0247. The summed E-state index contributed by atoms with van der Waals surface area (Å²) in [4.78, 5) is 0. The Bertz CT molecular complexity index is 342. The van der Waals surface area contributed by atoms with Crippen LogP contribution in [0.25, 0.3) is 0 Å². The molecule has 1 saturated heterocycles. The number of hydrogen-bond donors (Lipinski definition) is 1. The number of benzene rings is 1. The van der Waals surface area contributed by atoms with Gasteiger partial charge in [0.1, 0.15) is 5.75 Å². The molecule has 1 aliphatic rings. The second-order valence-electron chi connectivity index (χ2n) is 5.06. The molecule has 1 unspecified atom stereocenters. The largest absolute Gasteiger partial charge is 0.491 e. The molecule has 100 valence electrons. The topological polar surface area (TPSA) is 30.5 Å². The first-order valence-electron chi connectivity index (χ1n) is 6.86. The summed E-state index contributed by atoms with van der Waals surface area (Å²) in [7, 11) is 0. The van der Waals surface area contributed by atoms with Crippen LogP contribution in [0.1, 0.15) is 33.1 Å². The third kappa shape index (κ3) is 4.22. The summed E-state index contributed by atoms with van der Waals surface area (Å²) in [5, 5.41) is 3.41. The molecule has 2 rings (SSSR count). The van der Waals surface area contributed by atoms with Crippen LogP contribution in [0.15, 0.2) is 24.3 Å². The first-order chi connectivity index (χ1) is 8.74. The van der Waals surface area contributed by atoms with Crippen LogP contribution in [-0.4, -0.2) is 25.4 Å². The maximum Gasteiger partial charge on any atom is 0.119 e. The zero-order chi connectivity index (χ0) is 12.8. The molecule has 1 aromatic rings. The lowest BCUT2D eigenvalue weighted by Gasteiger charge is -2.23. The van der Waals surface area contributed by atoms with Crippen LogP contribution in [0, 0.1) is 0 Å². The quantitative estimate of drug-likeness (QED) is 0.867. The third-order valence-electron chi connectivity index (χ3n) is 3.03. The molecule has 3 heteroatoms. The van der Waals surface area contributed by atoms with Gasteiger partial charge < -0.3 is 14.8 Å². The van der Waals surface area contributed by atoms with E-state index in [1.807, 2.05) is 26.0 Å². The highest BCUT2D eigenvalue weighted by atomic mass is 16.5. The smallest absolute Gasteiger partial charge is 0.119 e. The molecule has 1 N–H and O–H groups in total. The summed E-state index contributed by atoms with van der Waals surface area (Å²) >= 11 is 0. The van der Waals surface area contributed by atoms with Crippen molar-refractivity contribution in [1.82, 2.24) is 0 Å². The van der Waals surface area contributed by atoms with Crippen LogP contribution in [0.2, 0.25) is 0 Å². The van der Waals surface area contributed by atoms with Gasteiger partial charge in [0.05, 0.1) is 12.2 Å². The van der Waals surface area contributed by atoms with E-state index in [9.17, 15) is 0 Å². The standard InChI is InChI=1S/C15H23NO2/c1-12(2)18-14-8-6-13(7-9-14)16-11-15-5-3-4-10-17-15/h6-9,12,15-16H,3-5,10-11H2,1-2H3. The molecule has 0 radical (unpaired) electrons. The van der Waals surface area contributed by atoms with E-state index in [0.717, 1.165) is 24.6 Å². The number of hydrogen-bond acceptors (Lipinski definition) is 3. The van der Waals surface area contributed by atoms with Gasteiger partial charge in [-0.05, 0) is 57.4 Å². The predicted molar refractivity (Wildman–Crippen MR) is 74.3 cm³/mol. The lowest BCUT2D eigenvalue weighted by atomic mass is 10.1. The van der Waals surface area contributed by atoms with Gasteiger partial charge in [0.15, 0.2) is 0 Å². The van der Waals surface area contributed by atoms with Gasteiger partial charge in [0.2, 0.25) is 0 Å². The van der Waals surface area contributed by atoms with Crippen molar-refractivity contribution in [3.63, 3.8) is 0 Å². The minimum atomic E-state index is 0.222. The zero-order valence-electron chi connectivity index (χ0n) is 11.3. The van der Waals surface area contributed by atoms with E-state index in [-0.39, 0.29) is 6.10 Å². The van der Waals surface area contributed by atoms with Crippen LogP contribution >= 0.6 is 0 Å². The summed E-state index contributed by atoms with van der Waals surface area (Å²) in [6, 6.07) is 8.12. The van der Waals surface area contributed by atoms with Crippen LogP contribution < -0.4 is 10.1 Å². The first-order valence-corrected chi connectivity index (χ1v) is 6.86. The Hall–Kier alpha value is -1.22. The van der Waals surface area contributed by atoms with E-state index in [0.29, 0.717) is 6.10 Å². The zero-order valence-corrected chi connectivity index (χ0v) is 11.3. The predicted octanol–water partition coefficient (Wildman–Crippen LogP) is 3.45. The van der Waals surface area contributed by atoms with Crippen molar-refractivity contribution in [2.45, 2.75) is 45.3 Å². The molecule has 0 aromatic heterocycles. The van der Waals surface area contributed by atoms with Gasteiger partial charge in [-0.2, -0.15) is 0 Å². The second-order valence-corrected chi connectivity index (χ2v) is 5.06. The van der Waals surface area contributed by atoms with Gasteiger partial charge in [-0.1, -0.05) is 0 Å². The Kier molecular flexibility index (Phi) is 4.88. The molecule has 18 heavy (non-hydrogen) atoms. The van der Waals surface area contributed by atoms with Crippen molar-refractivity contribution < 1.29 is 9.47 Å². The maximum atomic E-state index is 5.69. The summed E-state index contributed by atoms with van der Waals surface area (Å²) in [5.41, 5.74) is 1.13. The third-order valence-corrected chi connectivity index (χ3v) is 3.03. The van der Waals surface area contributed by atoms with Gasteiger partial charge >= 0.3 is 0 Å². The highest BCUT2D eigenvalue weighted by Crippen LogP contribution is 2.18. The number of ether oxygens (including phenoxy) is 2. The van der Waals surface area contributed by atoms with E-state index in [4.69, 9.17) is 9.47 Å². The number of rotatable bonds is 5. The average molecular weight is 249 g/mol. The molecule has 1 aliphatic heterocycles. The summed E-state index contributed by atoms with van der Waals surface area (Å²) in [6.45, 7) is 5.87. The molecule has 0 aliphatic carbocycles. The van der Waals surface area contributed by atoms with Crippen molar-refractivity contribution in [1.29, 1.82) is 0 Å². The maximum absolute atomic E-state index is 5.69. The van der Waals surface area contributed by atoms with E-state index < -0.39 is 0 Å². The monoisotopic (exact) mass is 249 g/mol. The number of nitrogens with one attached hydrogen (secondary N) is 1. The number of anilines is 1. The van der Waals surface area contributed by atoms with Crippen LogP contribution in [0.5, 0.6) is 5.75 Å². The molecule has 3 nitrogen and oxygen atoms in total. The molecule has 0 saturated carbocycles. The average Bonchev–Trinajstić information content (AvgIpc) is 2.38. The van der Waals surface area contributed by atoms with Crippen molar-refractivity contribution in [3.05, 3.63) is 24.3 Å². The summed E-state index contributed by atoms with van der Waals surface area (Å²) < 4.78 is 11.3. The van der Waals surface area contributed by atoms with Gasteiger partial charge in [-0.15, -0.1) is 0 Å². The van der Waals surface area contributed by atoms with Gasteiger partial charge in [0, 0.05) is 18.8 Å². The first kappa shape index (κ1) is 13.2. The Morgan fingerprint density at radius 2 is 2.06 bits per heavy atom. The fraction of sp³-hybridized carbons (Fsp3) is 0.600. The molecule has 1 fully saturated rings. The van der Waals surface area contributed by atoms with Crippen LogP contribution in [-0.2, 0) is 4.74 Å². The fourth-order valence-electron chi connectivity index (χ4n) is 2.12. The van der Waals surface area contributed by atoms with Crippen molar-refractivity contribution in [2.75, 3.05) is 18.5 Å². The van der Waals surface area contributed by atoms with E-state index >= 15 is 0 Å². The van der Waals surface area contributed by atoms with Crippen molar-refractivity contribution in [2.24, 2.45) is 0 Å². The highest BCUT2D eigenvalue weighted by Gasteiger charge is 2.13. The Labute approximate surface area is 109 Å². The van der Waals surface area contributed by atoms with Crippen molar-refractivity contribution in [3.8, 4) is 5.75 Å². The minimum absolute atomic E-state index is 0.222. The molecule has 0 amide bonds. The normalized spacial score (nSPS) is 19.8. The lowest BCUT2D eigenvalue weighted by Crippen LogP contribution is -2.26. The van der Waals surface area contributed by atoms with Gasteiger partial charge in [0.25, 0.3) is 0 Å². The molecule has 0 spiro atoms. The van der Waals surface area contributed by atoms with Gasteiger partial charge in [-0.3, -0.25) is 0 Å².